The molecule has 0 amide bonds. The van der Waals surface area contributed by atoms with E-state index in [4.69, 9.17) is 14.6 Å². The first-order valence-corrected chi connectivity index (χ1v) is 10.9. The Balaban J connectivity index is 2.16. The summed E-state index contributed by atoms with van der Waals surface area (Å²) >= 11 is 0. The number of allylic oxidation sites excluding steroid dienone is 5. The van der Waals surface area contributed by atoms with Gasteiger partial charge in [-0.1, -0.05) is 36.4 Å². The molecule has 0 saturated carbocycles. The van der Waals surface area contributed by atoms with Crippen LogP contribution in [0.2, 0.25) is 0 Å². The van der Waals surface area contributed by atoms with Crippen molar-refractivity contribution in [3.05, 3.63) is 94.9 Å². The molecule has 3 rings (SSSR count). The molecule has 0 spiro atoms. The van der Waals surface area contributed by atoms with Gasteiger partial charge in [0.05, 0.1) is 6.61 Å². The molecule has 0 atom stereocenters. The fourth-order valence-corrected chi connectivity index (χ4v) is 3.72. The highest BCUT2D eigenvalue weighted by Crippen LogP contribution is 2.44. The van der Waals surface area contributed by atoms with Crippen molar-refractivity contribution in [3.63, 3.8) is 0 Å². The third-order valence-electron chi connectivity index (χ3n) is 5.23. The van der Waals surface area contributed by atoms with Crippen LogP contribution in [0.1, 0.15) is 51.3 Å². The quantitative estimate of drug-likeness (QED) is 0.367. The molecule has 0 unspecified atom stereocenters. The number of hydrogen-bond donors (Lipinski definition) is 1. The molecule has 2 aromatic carbocycles. The Kier molecular flexibility index (Phi) is 7.22. The van der Waals surface area contributed by atoms with Gasteiger partial charge in [-0.25, -0.2) is 9.18 Å². The Bertz CT molecular complexity index is 1170. The molecular formula is C28H29FO4. The van der Waals surface area contributed by atoms with Crippen LogP contribution >= 0.6 is 0 Å². The molecule has 0 bridgehead atoms. The lowest BCUT2D eigenvalue weighted by molar-refractivity contribution is -0.131. The topological polar surface area (TPSA) is 55.8 Å². The fourth-order valence-electron chi connectivity index (χ4n) is 3.72. The van der Waals surface area contributed by atoms with E-state index in [0.717, 1.165) is 22.8 Å². The average Bonchev–Trinajstić information content (AvgIpc) is 2.76. The van der Waals surface area contributed by atoms with Gasteiger partial charge in [0.15, 0.2) is 0 Å². The van der Waals surface area contributed by atoms with Crippen LogP contribution in [0.25, 0.3) is 11.1 Å². The van der Waals surface area contributed by atoms with Gasteiger partial charge in [0.2, 0.25) is 0 Å². The summed E-state index contributed by atoms with van der Waals surface area (Å²) in [5.74, 6) is -0.344. The van der Waals surface area contributed by atoms with Crippen molar-refractivity contribution in [2.45, 2.75) is 40.2 Å². The summed E-state index contributed by atoms with van der Waals surface area (Å²) in [5, 5.41) is 8.85. The average molecular weight is 449 g/mol. The summed E-state index contributed by atoms with van der Waals surface area (Å²) in [5.41, 5.74) is 3.83. The minimum atomic E-state index is -1.07. The lowest BCUT2D eigenvalue weighted by atomic mass is 9.88. The molecule has 1 heterocycles. The van der Waals surface area contributed by atoms with Gasteiger partial charge in [0, 0.05) is 23.3 Å². The van der Waals surface area contributed by atoms with E-state index in [2.05, 4.69) is 6.08 Å². The zero-order valence-electron chi connectivity index (χ0n) is 19.6. The number of hydrogen-bond acceptors (Lipinski definition) is 3. The number of aliphatic carboxylic acids is 1. The van der Waals surface area contributed by atoms with Gasteiger partial charge in [-0.05, 0) is 75.1 Å². The smallest absolute Gasteiger partial charge is 0.328 e. The van der Waals surface area contributed by atoms with Gasteiger partial charge in [-0.3, -0.25) is 0 Å². The molecule has 4 nitrogen and oxygen atoms in total. The minimum Gasteiger partial charge on any atom is -0.493 e. The van der Waals surface area contributed by atoms with Crippen LogP contribution in [0.5, 0.6) is 11.5 Å². The lowest BCUT2D eigenvalue weighted by Crippen LogP contribution is -2.29. The maximum absolute atomic E-state index is 15.1. The standard InChI is InChI=1S/C28H29FO4/c1-6-32-25-16-26-22(23(17-28(4,5)33-26)20-10-8-7-9-11-20)15-21(25)19(3)24(29)13-12-18(2)14-27(30)31/h7-17H,6H2,1-5H3,(H,30,31)/b13-12+,18-14+,24-19+. The number of rotatable bonds is 7. The van der Waals surface area contributed by atoms with Crippen molar-refractivity contribution in [2.75, 3.05) is 6.61 Å². The molecule has 1 aliphatic rings. The molecule has 0 fully saturated rings. The van der Waals surface area contributed by atoms with Gasteiger partial charge in [-0.2, -0.15) is 0 Å². The molecular weight excluding hydrogens is 419 g/mol. The maximum atomic E-state index is 15.1. The first-order valence-electron chi connectivity index (χ1n) is 10.9. The summed E-state index contributed by atoms with van der Waals surface area (Å²) in [6.45, 7) is 9.57. The molecule has 0 aliphatic carbocycles. The van der Waals surface area contributed by atoms with Crippen molar-refractivity contribution >= 4 is 17.1 Å². The number of carboxylic acid groups (broad SMARTS) is 1. The normalized spacial score (nSPS) is 15.9. The molecule has 1 N–H and O–H groups in total. The third kappa shape index (κ3) is 5.80. The SMILES string of the molecule is CCOc1cc2c(cc1\C(C)=C(F)/C=C/C(C)=C/C(=O)O)C(c1ccccc1)=CC(C)(C)O2. The number of fused-ring (bicyclic) bond motifs is 1. The maximum Gasteiger partial charge on any atom is 0.328 e. The van der Waals surface area contributed by atoms with E-state index in [1.54, 1.807) is 13.8 Å². The lowest BCUT2D eigenvalue weighted by Gasteiger charge is -2.32. The van der Waals surface area contributed by atoms with Gasteiger partial charge in [0.25, 0.3) is 0 Å². The molecule has 0 saturated heterocycles. The Hall–Kier alpha value is -3.60. The zero-order valence-corrected chi connectivity index (χ0v) is 19.6. The van der Waals surface area contributed by atoms with Crippen LogP contribution in [-0.4, -0.2) is 23.3 Å². The third-order valence-corrected chi connectivity index (χ3v) is 5.23. The van der Waals surface area contributed by atoms with E-state index < -0.39 is 17.4 Å². The van der Waals surface area contributed by atoms with Gasteiger partial charge < -0.3 is 14.6 Å². The molecule has 0 radical (unpaired) electrons. The second-order valence-electron chi connectivity index (χ2n) is 8.44. The molecule has 1 aliphatic heterocycles. The van der Waals surface area contributed by atoms with E-state index in [1.807, 2.05) is 63.2 Å². The molecule has 5 heteroatoms. The van der Waals surface area contributed by atoms with Crippen LogP contribution in [-0.2, 0) is 4.79 Å². The van der Waals surface area contributed by atoms with E-state index in [9.17, 15) is 4.79 Å². The van der Waals surface area contributed by atoms with Crippen LogP contribution in [0.15, 0.2) is 78.2 Å². The summed E-state index contributed by atoms with van der Waals surface area (Å²) < 4.78 is 27.2. The highest BCUT2D eigenvalue weighted by atomic mass is 19.1. The second-order valence-corrected chi connectivity index (χ2v) is 8.44. The Morgan fingerprint density at radius 1 is 1.15 bits per heavy atom. The first-order chi connectivity index (χ1) is 15.6. The first kappa shape index (κ1) is 24.1. The number of ether oxygens (including phenoxy) is 2. The molecule has 0 aromatic heterocycles. The van der Waals surface area contributed by atoms with Crippen molar-refractivity contribution in [1.29, 1.82) is 0 Å². The van der Waals surface area contributed by atoms with Gasteiger partial charge >= 0.3 is 5.97 Å². The van der Waals surface area contributed by atoms with E-state index in [0.29, 0.717) is 34.8 Å². The van der Waals surface area contributed by atoms with Crippen molar-refractivity contribution in [1.82, 2.24) is 0 Å². The van der Waals surface area contributed by atoms with Crippen LogP contribution in [0.4, 0.5) is 4.39 Å². The summed E-state index contributed by atoms with van der Waals surface area (Å²) in [6, 6.07) is 13.7. The fraction of sp³-hybridized carbons (Fsp3) is 0.250. The van der Waals surface area contributed by atoms with Crippen molar-refractivity contribution in [2.24, 2.45) is 0 Å². The number of carbonyl (C=O) groups is 1. The Morgan fingerprint density at radius 2 is 1.85 bits per heavy atom. The highest BCUT2D eigenvalue weighted by Gasteiger charge is 2.29. The Morgan fingerprint density at radius 3 is 2.48 bits per heavy atom. The van der Waals surface area contributed by atoms with E-state index >= 15 is 4.39 Å². The van der Waals surface area contributed by atoms with Crippen LogP contribution in [0, 0.1) is 0 Å². The highest BCUT2D eigenvalue weighted by molar-refractivity contribution is 5.88. The van der Waals surface area contributed by atoms with E-state index in [1.165, 1.54) is 12.2 Å². The van der Waals surface area contributed by atoms with Crippen molar-refractivity contribution in [3.8, 4) is 11.5 Å². The van der Waals surface area contributed by atoms with Crippen LogP contribution < -0.4 is 9.47 Å². The zero-order chi connectivity index (χ0) is 24.2. The van der Waals surface area contributed by atoms with Crippen molar-refractivity contribution < 1.29 is 23.8 Å². The van der Waals surface area contributed by atoms with Crippen LogP contribution in [0.3, 0.4) is 0 Å². The monoisotopic (exact) mass is 448 g/mol. The van der Waals surface area contributed by atoms with Gasteiger partial charge in [0.1, 0.15) is 22.9 Å². The summed E-state index contributed by atoms with van der Waals surface area (Å²) in [4.78, 5) is 10.8. The summed E-state index contributed by atoms with van der Waals surface area (Å²) in [6.07, 6.45) is 5.81. The largest absolute Gasteiger partial charge is 0.493 e. The molecule has 33 heavy (non-hydrogen) atoms. The predicted molar refractivity (Wildman–Crippen MR) is 130 cm³/mol. The van der Waals surface area contributed by atoms with E-state index in [-0.39, 0.29) is 0 Å². The van der Waals surface area contributed by atoms with Gasteiger partial charge in [-0.15, -0.1) is 0 Å². The minimum absolute atomic E-state index is 0.387. The number of carboxylic acids is 1. The summed E-state index contributed by atoms with van der Waals surface area (Å²) in [7, 11) is 0. The predicted octanol–water partition coefficient (Wildman–Crippen LogP) is 6.98. The molecule has 2 aromatic rings. The number of benzene rings is 2. The number of halogens is 1. The molecule has 172 valence electrons. The Labute approximate surface area is 194 Å². The second kappa shape index (κ2) is 9.90.